The second-order valence-corrected chi connectivity index (χ2v) is 5.07. The molecular formula is C13H22O3. The predicted molar refractivity (Wildman–Crippen MR) is 61.4 cm³/mol. The fraction of sp³-hybridized carbons (Fsp3) is 0.923. The average Bonchev–Trinajstić information content (AvgIpc) is 2.89. The number of Topliss-reactive ketones (excluding diaryl/α,β-unsaturated/α-hetero) is 1. The maximum Gasteiger partial charge on any atom is 0.138 e. The van der Waals surface area contributed by atoms with Gasteiger partial charge in [-0.2, -0.15) is 0 Å². The number of hydrogen-bond acceptors (Lipinski definition) is 3. The van der Waals surface area contributed by atoms with Gasteiger partial charge in [0.05, 0.1) is 18.8 Å². The molecule has 3 unspecified atom stereocenters. The normalized spacial score (nSPS) is 34.4. The summed E-state index contributed by atoms with van der Waals surface area (Å²) in [7, 11) is 0. The Balaban J connectivity index is 1.60. The van der Waals surface area contributed by atoms with Gasteiger partial charge in [0.1, 0.15) is 5.78 Å². The molecule has 0 bridgehead atoms. The Kier molecular flexibility index (Phi) is 4.36. The second kappa shape index (κ2) is 5.78. The van der Waals surface area contributed by atoms with Gasteiger partial charge in [0.2, 0.25) is 0 Å². The van der Waals surface area contributed by atoms with Crippen molar-refractivity contribution in [2.45, 2.75) is 57.7 Å². The lowest BCUT2D eigenvalue weighted by molar-refractivity contribution is -0.123. The fourth-order valence-corrected chi connectivity index (χ4v) is 2.62. The van der Waals surface area contributed by atoms with E-state index in [2.05, 4.69) is 0 Å². The highest BCUT2D eigenvalue weighted by molar-refractivity contribution is 5.81. The number of ketones is 1. The lowest BCUT2D eigenvalue weighted by Crippen LogP contribution is -2.15. The van der Waals surface area contributed by atoms with Crippen LogP contribution >= 0.6 is 0 Å². The molecule has 0 spiro atoms. The van der Waals surface area contributed by atoms with Crippen LogP contribution in [-0.2, 0) is 14.3 Å². The lowest BCUT2D eigenvalue weighted by atomic mass is 9.96. The van der Waals surface area contributed by atoms with E-state index in [1.165, 1.54) is 12.8 Å². The predicted octanol–water partition coefficient (Wildman–Crippen LogP) is 2.33. The largest absolute Gasteiger partial charge is 0.378 e. The van der Waals surface area contributed by atoms with Crippen LogP contribution in [0.2, 0.25) is 0 Å². The molecule has 2 heterocycles. The van der Waals surface area contributed by atoms with E-state index in [9.17, 15) is 4.79 Å². The van der Waals surface area contributed by atoms with Crippen LogP contribution in [0.25, 0.3) is 0 Å². The van der Waals surface area contributed by atoms with Crippen molar-refractivity contribution in [1.82, 2.24) is 0 Å². The van der Waals surface area contributed by atoms with E-state index in [4.69, 9.17) is 9.47 Å². The van der Waals surface area contributed by atoms with Gasteiger partial charge in [-0.15, -0.1) is 0 Å². The molecule has 0 N–H and O–H groups in total. The standard InChI is InChI=1S/C13H22O3/c1-10-8-11(9-16-10)13(14)6-2-4-12-5-3-7-15-12/h10-12H,2-9H2,1H3. The highest BCUT2D eigenvalue weighted by Crippen LogP contribution is 2.23. The topological polar surface area (TPSA) is 35.5 Å². The van der Waals surface area contributed by atoms with Crippen molar-refractivity contribution < 1.29 is 14.3 Å². The molecule has 0 aromatic rings. The molecule has 2 aliphatic rings. The van der Waals surface area contributed by atoms with Crippen LogP contribution in [0.5, 0.6) is 0 Å². The van der Waals surface area contributed by atoms with Gasteiger partial charge in [0.25, 0.3) is 0 Å². The minimum atomic E-state index is 0.166. The minimum Gasteiger partial charge on any atom is -0.378 e. The molecule has 2 rings (SSSR count). The van der Waals surface area contributed by atoms with Crippen molar-refractivity contribution in [3.05, 3.63) is 0 Å². The van der Waals surface area contributed by atoms with Crippen LogP contribution in [0.15, 0.2) is 0 Å². The molecule has 2 fully saturated rings. The van der Waals surface area contributed by atoms with Gasteiger partial charge < -0.3 is 9.47 Å². The summed E-state index contributed by atoms with van der Waals surface area (Å²) in [6, 6.07) is 0. The fourth-order valence-electron chi connectivity index (χ4n) is 2.62. The Hall–Kier alpha value is -0.410. The molecule has 0 aromatic carbocycles. The molecule has 92 valence electrons. The lowest BCUT2D eigenvalue weighted by Gasteiger charge is -2.10. The van der Waals surface area contributed by atoms with Crippen molar-refractivity contribution in [3.8, 4) is 0 Å². The molecule has 0 aliphatic carbocycles. The van der Waals surface area contributed by atoms with E-state index < -0.39 is 0 Å². The van der Waals surface area contributed by atoms with Crippen LogP contribution in [0.1, 0.15) is 45.4 Å². The first-order valence-electron chi connectivity index (χ1n) is 6.51. The highest BCUT2D eigenvalue weighted by atomic mass is 16.5. The van der Waals surface area contributed by atoms with Crippen molar-refractivity contribution in [2.24, 2.45) is 5.92 Å². The molecule has 0 aromatic heterocycles. The summed E-state index contributed by atoms with van der Waals surface area (Å²) in [4.78, 5) is 11.8. The van der Waals surface area contributed by atoms with Gasteiger partial charge in [0.15, 0.2) is 0 Å². The molecule has 0 radical (unpaired) electrons. The summed E-state index contributed by atoms with van der Waals surface area (Å²) in [6.45, 7) is 3.59. The molecule has 3 heteroatoms. The third-order valence-corrected chi connectivity index (χ3v) is 3.63. The first kappa shape index (κ1) is 12.1. The Morgan fingerprint density at radius 2 is 2.25 bits per heavy atom. The first-order valence-corrected chi connectivity index (χ1v) is 6.51. The van der Waals surface area contributed by atoms with Crippen molar-refractivity contribution >= 4 is 5.78 Å². The van der Waals surface area contributed by atoms with Gasteiger partial charge in [-0.25, -0.2) is 0 Å². The van der Waals surface area contributed by atoms with Crippen molar-refractivity contribution in [1.29, 1.82) is 0 Å². The molecule has 0 saturated carbocycles. The van der Waals surface area contributed by atoms with Crippen LogP contribution in [-0.4, -0.2) is 31.2 Å². The molecule has 2 aliphatic heterocycles. The molecule has 0 amide bonds. The van der Waals surface area contributed by atoms with E-state index in [-0.39, 0.29) is 12.0 Å². The number of carbonyl (C=O) groups excluding carboxylic acids is 1. The maximum atomic E-state index is 11.8. The maximum absolute atomic E-state index is 11.8. The van der Waals surface area contributed by atoms with E-state index in [1.54, 1.807) is 0 Å². The van der Waals surface area contributed by atoms with Crippen molar-refractivity contribution in [3.63, 3.8) is 0 Å². The van der Waals surface area contributed by atoms with Gasteiger partial charge in [-0.1, -0.05) is 0 Å². The molecule has 16 heavy (non-hydrogen) atoms. The minimum absolute atomic E-state index is 0.166. The van der Waals surface area contributed by atoms with E-state index >= 15 is 0 Å². The summed E-state index contributed by atoms with van der Waals surface area (Å²) >= 11 is 0. The van der Waals surface area contributed by atoms with Crippen LogP contribution in [0.3, 0.4) is 0 Å². The quantitative estimate of drug-likeness (QED) is 0.721. The Morgan fingerprint density at radius 1 is 1.38 bits per heavy atom. The third kappa shape index (κ3) is 3.29. The number of hydrogen-bond donors (Lipinski definition) is 0. The summed E-state index contributed by atoms with van der Waals surface area (Å²) in [5.74, 6) is 0.557. The monoisotopic (exact) mass is 226 g/mol. The Bertz CT molecular complexity index is 233. The van der Waals surface area contributed by atoms with Gasteiger partial charge >= 0.3 is 0 Å². The SMILES string of the molecule is CC1CC(C(=O)CCCC2CCCO2)CO1. The van der Waals surface area contributed by atoms with Gasteiger partial charge in [-0.3, -0.25) is 4.79 Å². The van der Waals surface area contributed by atoms with E-state index in [1.807, 2.05) is 6.92 Å². The number of carbonyl (C=O) groups is 1. The third-order valence-electron chi connectivity index (χ3n) is 3.63. The van der Waals surface area contributed by atoms with Crippen LogP contribution < -0.4 is 0 Å². The molecule has 3 atom stereocenters. The molecular weight excluding hydrogens is 204 g/mol. The van der Waals surface area contributed by atoms with E-state index in [0.29, 0.717) is 24.9 Å². The van der Waals surface area contributed by atoms with E-state index in [0.717, 1.165) is 25.9 Å². The van der Waals surface area contributed by atoms with Crippen molar-refractivity contribution in [2.75, 3.05) is 13.2 Å². The summed E-state index contributed by atoms with van der Waals surface area (Å²) < 4.78 is 11.0. The zero-order valence-electron chi connectivity index (χ0n) is 10.1. The van der Waals surface area contributed by atoms with Crippen LogP contribution in [0, 0.1) is 5.92 Å². The summed E-state index contributed by atoms with van der Waals surface area (Å²) in [5.41, 5.74) is 0. The Morgan fingerprint density at radius 3 is 2.88 bits per heavy atom. The zero-order valence-corrected chi connectivity index (χ0v) is 10.1. The Labute approximate surface area is 97.5 Å². The molecule has 3 nitrogen and oxygen atoms in total. The van der Waals surface area contributed by atoms with Crippen LogP contribution in [0.4, 0.5) is 0 Å². The smallest absolute Gasteiger partial charge is 0.138 e. The highest BCUT2D eigenvalue weighted by Gasteiger charge is 2.27. The average molecular weight is 226 g/mol. The molecule has 2 saturated heterocycles. The first-order chi connectivity index (χ1) is 7.75. The second-order valence-electron chi connectivity index (χ2n) is 5.07. The zero-order chi connectivity index (χ0) is 11.4. The number of ether oxygens (including phenoxy) is 2. The summed E-state index contributed by atoms with van der Waals surface area (Å²) in [6.07, 6.45) is 6.71. The summed E-state index contributed by atoms with van der Waals surface area (Å²) in [5, 5.41) is 0. The van der Waals surface area contributed by atoms with Gasteiger partial charge in [0, 0.05) is 18.9 Å². The number of rotatable bonds is 5. The van der Waals surface area contributed by atoms with Gasteiger partial charge in [-0.05, 0) is 39.0 Å².